The Bertz CT molecular complexity index is 1990. The second kappa shape index (κ2) is 13.4. The number of hydrogen-bond acceptors (Lipinski definition) is 7. The van der Waals surface area contributed by atoms with Crippen molar-refractivity contribution in [1.29, 1.82) is 0 Å². The molecule has 232 valence electrons. The van der Waals surface area contributed by atoms with Gasteiger partial charge in [-0.05, 0) is 87.2 Å². The lowest BCUT2D eigenvalue weighted by molar-refractivity contribution is -0.113. The van der Waals surface area contributed by atoms with Crippen molar-refractivity contribution in [2.45, 2.75) is 40.2 Å². The van der Waals surface area contributed by atoms with Crippen LogP contribution in [0.4, 0.5) is 5.69 Å². The van der Waals surface area contributed by atoms with Gasteiger partial charge in [0, 0.05) is 11.3 Å². The van der Waals surface area contributed by atoms with E-state index in [1.165, 1.54) is 11.3 Å². The summed E-state index contributed by atoms with van der Waals surface area (Å²) in [7, 11) is 3.21. The number of aryl methyl sites for hydroxylation is 2. The fourth-order valence-electron chi connectivity index (χ4n) is 5.58. The number of amides is 1. The lowest BCUT2D eigenvalue weighted by Gasteiger charge is -2.25. The summed E-state index contributed by atoms with van der Waals surface area (Å²) in [6, 6.07) is 16.4. The van der Waals surface area contributed by atoms with Crippen molar-refractivity contribution < 1.29 is 19.0 Å². The second-order valence-electron chi connectivity index (χ2n) is 10.8. The van der Waals surface area contributed by atoms with E-state index in [9.17, 15) is 9.59 Å². The molecule has 1 aliphatic rings. The summed E-state index contributed by atoms with van der Waals surface area (Å²) in [4.78, 5) is 33.5. The maximum Gasteiger partial charge on any atom is 0.271 e. The van der Waals surface area contributed by atoms with Crippen LogP contribution >= 0.6 is 11.3 Å². The molecule has 1 amide bonds. The van der Waals surface area contributed by atoms with Gasteiger partial charge < -0.3 is 19.5 Å². The van der Waals surface area contributed by atoms with E-state index in [1.807, 2.05) is 88.4 Å². The molecule has 45 heavy (non-hydrogen) atoms. The molecule has 0 bridgehead atoms. The van der Waals surface area contributed by atoms with Gasteiger partial charge in [0.05, 0.1) is 42.7 Å². The van der Waals surface area contributed by atoms with Crippen molar-refractivity contribution in [3.8, 4) is 17.2 Å². The van der Waals surface area contributed by atoms with Gasteiger partial charge in [-0.1, -0.05) is 47.2 Å². The topological polar surface area (TPSA) is 91.2 Å². The summed E-state index contributed by atoms with van der Waals surface area (Å²) in [5.41, 5.74) is 5.89. The number of carbonyl (C=O) groups excluding carboxylic acids is 1. The van der Waals surface area contributed by atoms with Crippen LogP contribution < -0.4 is 34.4 Å². The van der Waals surface area contributed by atoms with Crippen molar-refractivity contribution >= 4 is 29.0 Å². The number of aromatic nitrogens is 1. The van der Waals surface area contributed by atoms with Gasteiger partial charge in [0.2, 0.25) is 0 Å². The van der Waals surface area contributed by atoms with Crippen molar-refractivity contribution in [3.05, 3.63) is 126 Å². The van der Waals surface area contributed by atoms with E-state index in [2.05, 4.69) is 11.9 Å². The predicted molar refractivity (Wildman–Crippen MR) is 179 cm³/mol. The molecule has 0 unspecified atom stereocenters. The Morgan fingerprint density at radius 3 is 2.47 bits per heavy atom. The van der Waals surface area contributed by atoms with Gasteiger partial charge in [-0.25, -0.2) is 4.99 Å². The first-order chi connectivity index (χ1) is 21.7. The minimum absolute atomic E-state index is 0.247. The number of anilines is 1. The molecule has 1 aromatic heterocycles. The van der Waals surface area contributed by atoms with E-state index in [0.29, 0.717) is 56.6 Å². The molecule has 1 atom stereocenters. The summed E-state index contributed by atoms with van der Waals surface area (Å²) in [6.45, 7) is 12.0. The quantitative estimate of drug-likeness (QED) is 0.231. The monoisotopic (exact) mass is 623 g/mol. The van der Waals surface area contributed by atoms with E-state index in [4.69, 9.17) is 19.2 Å². The number of rotatable bonds is 10. The fraction of sp³-hybridized carbons (Fsp3) is 0.250. The zero-order valence-electron chi connectivity index (χ0n) is 26.4. The average molecular weight is 624 g/mol. The molecule has 1 aliphatic heterocycles. The van der Waals surface area contributed by atoms with E-state index < -0.39 is 6.04 Å². The second-order valence-corrected chi connectivity index (χ2v) is 11.8. The lowest BCUT2D eigenvalue weighted by Crippen LogP contribution is -2.40. The molecule has 3 aromatic carbocycles. The SMILES string of the molecule is C=CCc1cc(/C=c2/sc3n(c2=O)[C@@H](c2ccc(OC)cc2)C(C(=O)Nc2ccc(C)cc2C)=C(C)N=3)cc(OCC)c1OC. The largest absolute Gasteiger partial charge is 0.497 e. The third-order valence-electron chi connectivity index (χ3n) is 7.65. The summed E-state index contributed by atoms with van der Waals surface area (Å²) in [6.07, 6.45) is 4.20. The molecule has 0 saturated carbocycles. The summed E-state index contributed by atoms with van der Waals surface area (Å²) < 4.78 is 19.0. The van der Waals surface area contributed by atoms with Crippen LogP contribution in [0.3, 0.4) is 0 Å². The molecule has 8 nitrogen and oxygen atoms in total. The first kappa shape index (κ1) is 31.5. The van der Waals surface area contributed by atoms with Crippen LogP contribution in [0.5, 0.6) is 17.2 Å². The third-order valence-corrected chi connectivity index (χ3v) is 8.63. The van der Waals surface area contributed by atoms with Gasteiger partial charge in [-0.3, -0.25) is 14.2 Å². The molecular formula is C36H37N3O5S. The highest BCUT2D eigenvalue weighted by Crippen LogP contribution is 2.34. The number of nitrogens with one attached hydrogen (secondary N) is 1. The molecule has 4 aromatic rings. The van der Waals surface area contributed by atoms with Crippen LogP contribution in [-0.2, 0) is 11.2 Å². The maximum atomic E-state index is 14.2. The highest BCUT2D eigenvalue weighted by Gasteiger charge is 2.32. The number of benzene rings is 3. The number of allylic oxidation sites excluding steroid dienone is 2. The zero-order valence-corrected chi connectivity index (χ0v) is 27.2. The van der Waals surface area contributed by atoms with Crippen molar-refractivity contribution in [3.63, 3.8) is 0 Å². The average Bonchev–Trinajstić information content (AvgIpc) is 3.32. The minimum atomic E-state index is -0.703. The van der Waals surface area contributed by atoms with Crippen LogP contribution in [0.15, 0.2) is 88.3 Å². The van der Waals surface area contributed by atoms with Crippen molar-refractivity contribution in [2.75, 3.05) is 26.1 Å². The van der Waals surface area contributed by atoms with Gasteiger partial charge in [0.1, 0.15) is 5.75 Å². The molecule has 0 radical (unpaired) electrons. The lowest BCUT2D eigenvalue weighted by atomic mass is 9.95. The number of thiazole rings is 1. The third kappa shape index (κ3) is 6.35. The zero-order chi connectivity index (χ0) is 32.2. The Kier molecular flexibility index (Phi) is 9.39. The Balaban J connectivity index is 1.67. The maximum absolute atomic E-state index is 14.2. The van der Waals surface area contributed by atoms with Crippen LogP contribution in [-0.4, -0.2) is 31.3 Å². The van der Waals surface area contributed by atoms with Gasteiger partial charge in [-0.2, -0.15) is 0 Å². The Morgan fingerprint density at radius 2 is 1.82 bits per heavy atom. The minimum Gasteiger partial charge on any atom is -0.497 e. The Morgan fingerprint density at radius 1 is 1.07 bits per heavy atom. The summed E-state index contributed by atoms with van der Waals surface area (Å²) in [5.74, 6) is 1.60. The number of carbonyl (C=O) groups is 1. The summed E-state index contributed by atoms with van der Waals surface area (Å²) in [5, 5.41) is 3.07. The van der Waals surface area contributed by atoms with Gasteiger partial charge in [-0.15, -0.1) is 6.58 Å². The van der Waals surface area contributed by atoms with Crippen LogP contribution in [0, 0.1) is 13.8 Å². The normalized spacial score (nSPS) is 14.4. The highest BCUT2D eigenvalue weighted by molar-refractivity contribution is 7.07. The molecule has 5 rings (SSSR count). The first-order valence-corrected chi connectivity index (χ1v) is 15.5. The molecule has 0 aliphatic carbocycles. The molecule has 0 spiro atoms. The van der Waals surface area contributed by atoms with E-state index in [1.54, 1.807) is 24.9 Å². The van der Waals surface area contributed by atoms with E-state index in [-0.39, 0.29) is 11.5 Å². The van der Waals surface area contributed by atoms with Crippen LogP contribution in [0.1, 0.15) is 47.7 Å². The van der Waals surface area contributed by atoms with E-state index >= 15 is 0 Å². The van der Waals surface area contributed by atoms with Crippen LogP contribution in [0.25, 0.3) is 6.08 Å². The Labute approximate surface area is 266 Å². The number of ether oxygens (including phenoxy) is 3. The predicted octanol–water partition coefficient (Wildman–Crippen LogP) is 5.64. The van der Waals surface area contributed by atoms with Gasteiger partial charge >= 0.3 is 0 Å². The highest BCUT2D eigenvalue weighted by atomic mass is 32.1. The molecule has 2 heterocycles. The molecule has 9 heteroatoms. The van der Waals surface area contributed by atoms with Crippen molar-refractivity contribution in [1.82, 2.24) is 4.57 Å². The summed E-state index contributed by atoms with van der Waals surface area (Å²) >= 11 is 1.28. The van der Waals surface area contributed by atoms with E-state index in [0.717, 1.165) is 27.8 Å². The van der Waals surface area contributed by atoms with Gasteiger partial charge in [0.25, 0.3) is 11.5 Å². The Hall–Kier alpha value is -4.89. The number of hydrogen-bond donors (Lipinski definition) is 1. The van der Waals surface area contributed by atoms with Crippen molar-refractivity contribution in [2.24, 2.45) is 4.99 Å². The molecule has 1 N–H and O–H groups in total. The van der Waals surface area contributed by atoms with Crippen LogP contribution in [0.2, 0.25) is 0 Å². The smallest absolute Gasteiger partial charge is 0.271 e. The standard InChI is InChI=1S/C36H37N3O5S/c1-8-10-26-18-24(19-29(44-9-2)33(26)43-7)20-30-35(41)39-32(25-12-14-27(42-6)15-13-25)31(23(5)37-36(39)45-30)34(40)38-28-16-11-21(3)17-22(28)4/h8,11-20,32H,1,9-10H2,2-7H3,(H,38,40)/b30-20+/t32-/m0/s1. The number of nitrogens with zero attached hydrogens (tertiary/aromatic N) is 2. The number of fused-ring (bicyclic) bond motifs is 1. The van der Waals surface area contributed by atoms with Gasteiger partial charge in [0.15, 0.2) is 16.3 Å². The molecule has 0 saturated heterocycles. The fourth-order valence-corrected chi connectivity index (χ4v) is 6.62. The molecule has 0 fully saturated rings. The number of methoxy groups -OCH3 is 2. The molecular weight excluding hydrogens is 586 g/mol. The first-order valence-electron chi connectivity index (χ1n) is 14.7.